The van der Waals surface area contributed by atoms with Crippen LogP contribution in [-0.2, 0) is 17.3 Å². The van der Waals surface area contributed by atoms with Crippen LogP contribution >= 0.6 is 0 Å². The molecule has 0 saturated carbocycles. The minimum Gasteiger partial charge on any atom is -0.508 e. The van der Waals surface area contributed by atoms with E-state index in [-0.39, 0.29) is 10.8 Å². The predicted molar refractivity (Wildman–Crippen MR) is 87.8 cm³/mol. The molecule has 0 atom stereocenters. The highest BCUT2D eigenvalue weighted by Gasteiger charge is 2.25. The third-order valence-corrected chi connectivity index (χ3v) is 4.00. The molecule has 0 unspecified atom stereocenters. The first-order valence-corrected chi connectivity index (χ1v) is 7.43. The van der Waals surface area contributed by atoms with Gasteiger partial charge in [0.2, 0.25) is 0 Å². The van der Waals surface area contributed by atoms with Crippen LogP contribution in [0.25, 0.3) is 0 Å². The number of nitrogens with zero attached hydrogens (tertiary/aromatic N) is 1. The van der Waals surface area contributed by atoms with Crippen LogP contribution in [0, 0.1) is 0 Å². The van der Waals surface area contributed by atoms with Crippen molar-refractivity contribution in [1.82, 2.24) is 4.98 Å². The van der Waals surface area contributed by atoms with Gasteiger partial charge in [0.25, 0.3) is 0 Å². The highest BCUT2D eigenvalue weighted by atomic mass is 16.3. The lowest BCUT2D eigenvalue weighted by molar-refractivity contribution is 0.472. The van der Waals surface area contributed by atoms with E-state index >= 15 is 0 Å². The molecule has 0 aliphatic carbocycles. The van der Waals surface area contributed by atoms with E-state index in [4.69, 9.17) is 0 Å². The zero-order chi connectivity index (χ0) is 15.7. The Morgan fingerprint density at radius 2 is 1.57 bits per heavy atom. The first-order chi connectivity index (χ1) is 9.70. The summed E-state index contributed by atoms with van der Waals surface area (Å²) in [4.78, 5) is 4.29. The zero-order valence-corrected chi connectivity index (χ0v) is 13.6. The molecule has 0 saturated heterocycles. The van der Waals surface area contributed by atoms with Gasteiger partial charge in [-0.05, 0) is 52.1 Å². The lowest BCUT2D eigenvalue weighted by Gasteiger charge is -2.29. The molecule has 0 fully saturated rings. The first-order valence-electron chi connectivity index (χ1n) is 7.43. The highest BCUT2D eigenvalue weighted by Crippen LogP contribution is 2.33. The lowest BCUT2D eigenvalue weighted by atomic mass is 9.75. The van der Waals surface area contributed by atoms with Crippen LogP contribution in [0.1, 0.15) is 51.3 Å². The van der Waals surface area contributed by atoms with E-state index in [1.165, 1.54) is 16.7 Å². The van der Waals surface area contributed by atoms with Gasteiger partial charge < -0.3 is 5.11 Å². The van der Waals surface area contributed by atoms with Crippen LogP contribution < -0.4 is 0 Å². The molecule has 0 amide bonds. The number of phenols is 1. The Balaban J connectivity index is 2.35. The van der Waals surface area contributed by atoms with Crippen molar-refractivity contribution in [2.24, 2.45) is 0 Å². The molecular formula is C19H25NO. The standard InChI is InChI=1S/C19H25NO/c1-18(2,3)17-13-20-11-10-14(17)12-19(4,5)15-6-8-16(21)9-7-15/h6-11,13,21H,12H2,1-5H3. The van der Waals surface area contributed by atoms with Crippen molar-refractivity contribution in [3.8, 4) is 5.75 Å². The monoisotopic (exact) mass is 283 g/mol. The number of hydrogen-bond donors (Lipinski definition) is 1. The van der Waals surface area contributed by atoms with Crippen LogP contribution in [0.2, 0.25) is 0 Å². The normalized spacial score (nSPS) is 12.4. The van der Waals surface area contributed by atoms with Gasteiger partial charge in [0.05, 0.1) is 0 Å². The summed E-state index contributed by atoms with van der Waals surface area (Å²) in [6.07, 6.45) is 4.81. The van der Waals surface area contributed by atoms with Gasteiger partial charge in [0.15, 0.2) is 0 Å². The number of phenolic OH excluding ortho intramolecular Hbond substituents is 1. The maximum Gasteiger partial charge on any atom is 0.115 e. The number of aromatic nitrogens is 1. The molecule has 2 heteroatoms. The Bertz CT molecular complexity index is 606. The number of benzene rings is 1. The fourth-order valence-corrected chi connectivity index (χ4v) is 2.74. The second-order valence-electron chi connectivity index (χ2n) is 7.39. The van der Waals surface area contributed by atoms with Crippen LogP contribution in [0.3, 0.4) is 0 Å². The average molecular weight is 283 g/mol. The van der Waals surface area contributed by atoms with Gasteiger partial charge in [-0.25, -0.2) is 0 Å². The maximum absolute atomic E-state index is 9.45. The van der Waals surface area contributed by atoms with Gasteiger partial charge in [-0.15, -0.1) is 0 Å². The summed E-state index contributed by atoms with van der Waals surface area (Å²) in [5.74, 6) is 0.314. The third kappa shape index (κ3) is 3.63. The molecule has 2 rings (SSSR count). The highest BCUT2D eigenvalue weighted by molar-refractivity contribution is 5.36. The van der Waals surface area contributed by atoms with Crippen LogP contribution in [0.5, 0.6) is 5.75 Å². The second-order valence-corrected chi connectivity index (χ2v) is 7.39. The van der Waals surface area contributed by atoms with E-state index in [1.807, 2.05) is 24.5 Å². The lowest BCUT2D eigenvalue weighted by Crippen LogP contribution is -2.24. The minimum atomic E-state index is 0.00898. The first kappa shape index (κ1) is 15.6. The van der Waals surface area contributed by atoms with Gasteiger partial charge in [0, 0.05) is 12.4 Å². The summed E-state index contributed by atoms with van der Waals surface area (Å²) in [6.45, 7) is 11.2. The molecule has 0 aliphatic rings. The number of aromatic hydroxyl groups is 1. The van der Waals surface area contributed by atoms with Crippen molar-refractivity contribution in [2.45, 2.75) is 51.9 Å². The summed E-state index contributed by atoms with van der Waals surface area (Å²) in [5.41, 5.74) is 3.98. The molecule has 21 heavy (non-hydrogen) atoms. The SMILES string of the molecule is CC(C)(C)c1cnccc1CC(C)(C)c1ccc(O)cc1. The van der Waals surface area contributed by atoms with E-state index in [0.29, 0.717) is 5.75 Å². The molecule has 2 aromatic rings. The quantitative estimate of drug-likeness (QED) is 0.892. The van der Waals surface area contributed by atoms with Crippen LogP contribution in [-0.4, -0.2) is 10.1 Å². The van der Waals surface area contributed by atoms with E-state index in [0.717, 1.165) is 6.42 Å². The largest absolute Gasteiger partial charge is 0.508 e. The predicted octanol–water partition coefficient (Wildman–Crippen LogP) is 4.61. The maximum atomic E-state index is 9.45. The molecule has 2 nitrogen and oxygen atoms in total. The van der Waals surface area contributed by atoms with Gasteiger partial charge >= 0.3 is 0 Å². The van der Waals surface area contributed by atoms with E-state index in [2.05, 4.69) is 45.7 Å². The van der Waals surface area contributed by atoms with Crippen molar-refractivity contribution < 1.29 is 5.11 Å². The fraction of sp³-hybridized carbons (Fsp3) is 0.421. The van der Waals surface area contributed by atoms with Crippen molar-refractivity contribution in [3.63, 3.8) is 0 Å². The van der Waals surface area contributed by atoms with E-state index in [9.17, 15) is 5.11 Å². The zero-order valence-electron chi connectivity index (χ0n) is 13.6. The minimum absolute atomic E-state index is 0.00898. The Kier molecular flexibility index (Phi) is 4.08. The van der Waals surface area contributed by atoms with Gasteiger partial charge in [-0.1, -0.05) is 46.8 Å². The van der Waals surface area contributed by atoms with Gasteiger partial charge in [-0.3, -0.25) is 4.98 Å². The fourth-order valence-electron chi connectivity index (χ4n) is 2.74. The van der Waals surface area contributed by atoms with E-state index in [1.54, 1.807) is 12.1 Å². The Hall–Kier alpha value is -1.83. The summed E-state index contributed by atoms with van der Waals surface area (Å²) in [7, 11) is 0. The third-order valence-electron chi connectivity index (χ3n) is 4.00. The van der Waals surface area contributed by atoms with E-state index < -0.39 is 0 Å². The number of rotatable bonds is 3. The molecule has 0 aliphatic heterocycles. The molecular weight excluding hydrogens is 258 g/mol. The molecule has 112 valence electrons. The van der Waals surface area contributed by atoms with Crippen LogP contribution in [0.4, 0.5) is 0 Å². The topological polar surface area (TPSA) is 33.1 Å². The molecule has 1 aromatic heterocycles. The summed E-state index contributed by atoms with van der Waals surface area (Å²) in [5, 5.41) is 9.45. The van der Waals surface area contributed by atoms with Crippen molar-refractivity contribution >= 4 is 0 Å². The van der Waals surface area contributed by atoms with Gasteiger partial charge in [0.1, 0.15) is 5.75 Å². The molecule has 0 bridgehead atoms. The summed E-state index contributed by atoms with van der Waals surface area (Å²) < 4.78 is 0. The van der Waals surface area contributed by atoms with Crippen molar-refractivity contribution in [1.29, 1.82) is 0 Å². The Morgan fingerprint density at radius 3 is 2.14 bits per heavy atom. The van der Waals surface area contributed by atoms with Crippen molar-refractivity contribution in [3.05, 3.63) is 59.4 Å². The molecule has 0 radical (unpaired) electrons. The smallest absolute Gasteiger partial charge is 0.115 e. The Morgan fingerprint density at radius 1 is 0.952 bits per heavy atom. The summed E-state index contributed by atoms with van der Waals surface area (Å²) in [6, 6.07) is 9.66. The number of hydrogen-bond acceptors (Lipinski definition) is 2. The van der Waals surface area contributed by atoms with Gasteiger partial charge in [-0.2, -0.15) is 0 Å². The molecule has 1 heterocycles. The second kappa shape index (κ2) is 5.51. The van der Waals surface area contributed by atoms with Crippen LogP contribution in [0.15, 0.2) is 42.7 Å². The molecule has 1 N–H and O–H groups in total. The summed E-state index contributed by atoms with van der Waals surface area (Å²) >= 11 is 0. The van der Waals surface area contributed by atoms with Crippen molar-refractivity contribution in [2.75, 3.05) is 0 Å². The Labute approximate surface area is 127 Å². The molecule has 1 aromatic carbocycles. The average Bonchev–Trinajstić information content (AvgIpc) is 2.38. The number of pyridine rings is 1. The molecule has 0 spiro atoms.